The van der Waals surface area contributed by atoms with Crippen molar-refractivity contribution in [1.29, 1.82) is 0 Å². The molecule has 0 atom stereocenters. The molecule has 0 spiro atoms. The maximum atomic E-state index is 13.0. The molecule has 0 unspecified atom stereocenters. The van der Waals surface area contributed by atoms with Crippen LogP contribution in [0.1, 0.15) is 24.8 Å². The molecule has 2 amide bonds. The second kappa shape index (κ2) is 11.0. The molecule has 1 aliphatic rings. The van der Waals surface area contributed by atoms with Crippen LogP contribution >= 0.6 is 11.6 Å². The van der Waals surface area contributed by atoms with Gasteiger partial charge in [0.1, 0.15) is 11.6 Å². The van der Waals surface area contributed by atoms with Crippen molar-refractivity contribution in [1.82, 2.24) is 9.80 Å². The fourth-order valence-electron chi connectivity index (χ4n) is 3.43. The second-order valence-electron chi connectivity index (χ2n) is 7.30. The number of para-hydroxylation sites is 1. The molecule has 0 bridgehead atoms. The molecule has 0 N–H and O–H groups in total. The molecule has 0 aromatic heterocycles. The largest absolute Gasteiger partial charge is 0.492 e. The molecular formula is C23H26ClFN2O3. The van der Waals surface area contributed by atoms with Gasteiger partial charge in [-0.05, 0) is 42.7 Å². The number of nitrogens with zero attached hydrogens (tertiary/aromatic N) is 2. The topological polar surface area (TPSA) is 49.9 Å². The molecule has 3 rings (SSSR count). The van der Waals surface area contributed by atoms with Crippen molar-refractivity contribution in [3.8, 4) is 5.75 Å². The van der Waals surface area contributed by atoms with Crippen LogP contribution in [0, 0.1) is 5.82 Å². The van der Waals surface area contributed by atoms with Crippen molar-refractivity contribution in [2.45, 2.75) is 25.7 Å². The quantitative estimate of drug-likeness (QED) is 0.622. The molecule has 0 aliphatic carbocycles. The molecule has 0 saturated carbocycles. The van der Waals surface area contributed by atoms with E-state index >= 15 is 0 Å². The Morgan fingerprint density at radius 3 is 2.30 bits per heavy atom. The summed E-state index contributed by atoms with van der Waals surface area (Å²) in [4.78, 5) is 28.7. The van der Waals surface area contributed by atoms with Crippen molar-refractivity contribution >= 4 is 23.4 Å². The summed E-state index contributed by atoms with van der Waals surface area (Å²) in [7, 11) is 0. The SMILES string of the molecule is O=C(CCCOc1ccccc1Cl)N1CCCN(C(=O)Cc2ccc(F)cc2)CC1. The van der Waals surface area contributed by atoms with Gasteiger partial charge in [-0.2, -0.15) is 0 Å². The Hall–Kier alpha value is -2.60. The van der Waals surface area contributed by atoms with Crippen LogP contribution in [0.5, 0.6) is 5.75 Å². The van der Waals surface area contributed by atoms with Gasteiger partial charge in [-0.1, -0.05) is 35.9 Å². The van der Waals surface area contributed by atoms with Gasteiger partial charge in [0.15, 0.2) is 0 Å². The summed E-state index contributed by atoms with van der Waals surface area (Å²) < 4.78 is 18.7. The smallest absolute Gasteiger partial charge is 0.227 e. The Balaban J connectivity index is 1.40. The summed E-state index contributed by atoms with van der Waals surface area (Å²) in [5.74, 6) is 0.388. The maximum absolute atomic E-state index is 13.0. The van der Waals surface area contributed by atoms with E-state index in [0.29, 0.717) is 56.4 Å². The molecule has 2 aromatic rings. The highest BCUT2D eigenvalue weighted by Crippen LogP contribution is 2.23. The van der Waals surface area contributed by atoms with Gasteiger partial charge < -0.3 is 14.5 Å². The van der Waals surface area contributed by atoms with E-state index in [4.69, 9.17) is 16.3 Å². The molecule has 1 aliphatic heterocycles. The van der Waals surface area contributed by atoms with Gasteiger partial charge >= 0.3 is 0 Å². The number of carbonyl (C=O) groups excluding carboxylic acids is 2. The fraction of sp³-hybridized carbons (Fsp3) is 0.391. The molecule has 30 heavy (non-hydrogen) atoms. The van der Waals surface area contributed by atoms with Crippen LogP contribution in [-0.4, -0.2) is 54.4 Å². The summed E-state index contributed by atoms with van der Waals surface area (Å²) >= 11 is 6.05. The third-order valence-electron chi connectivity index (χ3n) is 5.10. The van der Waals surface area contributed by atoms with Gasteiger partial charge in [-0.3, -0.25) is 9.59 Å². The molecule has 5 nitrogen and oxygen atoms in total. The zero-order chi connectivity index (χ0) is 21.3. The Kier molecular flexibility index (Phi) is 8.08. The third kappa shape index (κ3) is 6.46. The lowest BCUT2D eigenvalue weighted by Crippen LogP contribution is -2.38. The van der Waals surface area contributed by atoms with Crippen molar-refractivity contribution in [3.63, 3.8) is 0 Å². The first-order valence-electron chi connectivity index (χ1n) is 10.2. The Bertz CT molecular complexity index is 860. The lowest BCUT2D eigenvalue weighted by Gasteiger charge is -2.22. The van der Waals surface area contributed by atoms with Crippen LogP contribution < -0.4 is 4.74 Å². The standard InChI is InChI=1S/C23H26ClFN2O3/c24-20-5-1-2-6-21(20)30-16-3-7-22(28)26-12-4-13-27(15-14-26)23(29)17-18-8-10-19(25)11-9-18/h1-2,5-6,8-11H,3-4,7,12-17H2. The van der Waals surface area contributed by atoms with Crippen molar-refractivity contribution in [3.05, 3.63) is 64.9 Å². The minimum atomic E-state index is -0.313. The van der Waals surface area contributed by atoms with Crippen LogP contribution in [0.3, 0.4) is 0 Å². The van der Waals surface area contributed by atoms with Gasteiger partial charge in [-0.15, -0.1) is 0 Å². The summed E-state index contributed by atoms with van der Waals surface area (Å²) in [5, 5.41) is 0.557. The van der Waals surface area contributed by atoms with E-state index in [0.717, 1.165) is 12.0 Å². The van der Waals surface area contributed by atoms with Gasteiger partial charge in [0.25, 0.3) is 0 Å². The monoisotopic (exact) mass is 432 g/mol. The number of ether oxygens (including phenoxy) is 1. The molecule has 1 saturated heterocycles. The van der Waals surface area contributed by atoms with Crippen LogP contribution in [0.2, 0.25) is 5.02 Å². The zero-order valence-electron chi connectivity index (χ0n) is 16.9. The number of hydrogen-bond acceptors (Lipinski definition) is 3. The number of carbonyl (C=O) groups is 2. The number of amides is 2. The predicted molar refractivity (Wildman–Crippen MR) is 114 cm³/mol. The molecule has 1 fully saturated rings. The number of benzene rings is 2. The minimum absolute atomic E-state index is 0.00375. The summed E-state index contributed by atoms with van der Waals surface area (Å²) in [6.07, 6.45) is 1.99. The molecule has 160 valence electrons. The third-order valence-corrected chi connectivity index (χ3v) is 5.41. The Labute approximate surface area is 181 Å². The molecule has 1 heterocycles. The van der Waals surface area contributed by atoms with Crippen LogP contribution in [0.25, 0.3) is 0 Å². The highest BCUT2D eigenvalue weighted by molar-refractivity contribution is 6.32. The molecule has 7 heteroatoms. The predicted octanol–water partition coefficient (Wildman–Crippen LogP) is 3.94. The Morgan fingerprint density at radius 1 is 0.933 bits per heavy atom. The summed E-state index contributed by atoms with van der Waals surface area (Å²) in [5.41, 5.74) is 0.789. The first-order valence-corrected chi connectivity index (χ1v) is 10.6. The average Bonchev–Trinajstić information content (AvgIpc) is 3.00. The summed E-state index contributed by atoms with van der Waals surface area (Å²) in [6.45, 7) is 2.73. The average molecular weight is 433 g/mol. The van der Waals surface area contributed by atoms with E-state index < -0.39 is 0 Å². The van der Waals surface area contributed by atoms with Crippen molar-refractivity contribution < 1.29 is 18.7 Å². The second-order valence-corrected chi connectivity index (χ2v) is 7.71. The fourth-order valence-corrected chi connectivity index (χ4v) is 3.62. The number of rotatable bonds is 7. The van der Waals surface area contributed by atoms with Crippen LogP contribution in [0.15, 0.2) is 48.5 Å². The lowest BCUT2D eigenvalue weighted by molar-refractivity contribution is -0.133. The van der Waals surface area contributed by atoms with E-state index in [1.807, 2.05) is 17.0 Å². The van der Waals surface area contributed by atoms with Crippen LogP contribution in [0.4, 0.5) is 4.39 Å². The van der Waals surface area contributed by atoms with Gasteiger partial charge in [-0.25, -0.2) is 4.39 Å². The van der Waals surface area contributed by atoms with E-state index in [1.54, 1.807) is 29.2 Å². The zero-order valence-corrected chi connectivity index (χ0v) is 17.6. The normalized spacial score (nSPS) is 14.3. The van der Waals surface area contributed by atoms with Gasteiger partial charge in [0.2, 0.25) is 11.8 Å². The van der Waals surface area contributed by atoms with E-state index in [2.05, 4.69) is 0 Å². The van der Waals surface area contributed by atoms with E-state index in [9.17, 15) is 14.0 Å². The van der Waals surface area contributed by atoms with Crippen molar-refractivity contribution in [2.75, 3.05) is 32.8 Å². The van der Waals surface area contributed by atoms with Gasteiger partial charge in [0, 0.05) is 32.6 Å². The highest BCUT2D eigenvalue weighted by Gasteiger charge is 2.22. The van der Waals surface area contributed by atoms with Crippen molar-refractivity contribution in [2.24, 2.45) is 0 Å². The Morgan fingerprint density at radius 2 is 1.60 bits per heavy atom. The van der Waals surface area contributed by atoms with E-state index in [-0.39, 0.29) is 24.1 Å². The first-order chi connectivity index (χ1) is 14.5. The number of halogens is 2. The number of hydrogen-bond donors (Lipinski definition) is 0. The van der Waals surface area contributed by atoms with Crippen LogP contribution in [-0.2, 0) is 16.0 Å². The van der Waals surface area contributed by atoms with E-state index in [1.165, 1.54) is 12.1 Å². The summed E-state index contributed by atoms with van der Waals surface area (Å²) in [6, 6.07) is 13.2. The highest BCUT2D eigenvalue weighted by atomic mass is 35.5. The van der Waals surface area contributed by atoms with Gasteiger partial charge in [0.05, 0.1) is 18.1 Å². The molecule has 0 radical (unpaired) electrons. The molecular weight excluding hydrogens is 407 g/mol. The minimum Gasteiger partial charge on any atom is -0.492 e. The lowest BCUT2D eigenvalue weighted by atomic mass is 10.1. The maximum Gasteiger partial charge on any atom is 0.227 e. The first kappa shape index (κ1) is 22.1. The molecule has 2 aromatic carbocycles.